The van der Waals surface area contributed by atoms with E-state index in [-0.39, 0.29) is 18.3 Å². The van der Waals surface area contributed by atoms with Crippen LogP contribution in [0, 0.1) is 5.82 Å². The average Bonchev–Trinajstić information content (AvgIpc) is 3.16. The van der Waals surface area contributed by atoms with E-state index in [9.17, 15) is 27.2 Å². The minimum atomic E-state index is -4.56. The molecule has 0 radical (unpaired) electrons. The highest BCUT2D eigenvalue weighted by Gasteiger charge is 2.44. The molecule has 12 heteroatoms. The Hall–Kier alpha value is -3.31. The van der Waals surface area contributed by atoms with E-state index in [4.69, 9.17) is 0 Å². The van der Waals surface area contributed by atoms with Gasteiger partial charge in [0.1, 0.15) is 29.5 Å². The Labute approximate surface area is 181 Å². The molecule has 3 amide bonds. The van der Waals surface area contributed by atoms with Crippen molar-refractivity contribution in [1.82, 2.24) is 25.4 Å². The molecule has 1 aromatic heterocycles. The first-order valence-electron chi connectivity index (χ1n) is 10.2. The lowest BCUT2D eigenvalue weighted by Gasteiger charge is -2.41. The summed E-state index contributed by atoms with van der Waals surface area (Å²) < 4.78 is 52.3. The maximum absolute atomic E-state index is 13.1. The zero-order chi connectivity index (χ0) is 23.0. The summed E-state index contributed by atoms with van der Waals surface area (Å²) in [6, 6.07) is -1.30. The highest BCUT2D eigenvalue weighted by molar-refractivity contribution is 5.91. The number of alkyl halides is 3. The van der Waals surface area contributed by atoms with Crippen LogP contribution >= 0.6 is 0 Å². The van der Waals surface area contributed by atoms with Crippen LogP contribution in [0.1, 0.15) is 19.8 Å². The molecule has 32 heavy (non-hydrogen) atoms. The van der Waals surface area contributed by atoms with E-state index in [0.717, 1.165) is 12.3 Å². The number of urea groups is 1. The van der Waals surface area contributed by atoms with Gasteiger partial charge in [-0.3, -0.25) is 15.0 Å². The number of halogens is 4. The number of dihydropyridines is 1. The van der Waals surface area contributed by atoms with Gasteiger partial charge in [0, 0.05) is 13.1 Å². The van der Waals surface area contributed by atoms with Crippen LogP contribution in [-0.4, -0.2) is 64.1 Å². The van der Waals surface area contributed by atoms with E-state index in [1.165, 1.54) is 24.0 Å². The number of nitrogens with one attached hydrogen (secondary N) is 3. The Kier molecular flexibility index (Phi) is 5.70. The van der Waals surface area contributed by atoms with E-state index >= 15 is 0 Å². The highest BCUT2D eigenvalue weighted by Crippen LogP contribution is 2.33. The molecule has 8 nitrogen and oxygen atoms in total. The summed E-state index contributed by atoms with van der Waals surface area (Å²) in [4.78, 5) is 32.9. The minimum absolute atomic E-state index is 0.149. The van der Waals surface area contributed by atoms with Gasteiger partial charge in [0.25, 0.3) is 0 Å². The standard InChI is InChI=1S/C20H22F4N6O2/c1-2-15(20(22,23)24)27-18(31)13-4-5-14-17(26-13)30(12-7-8-29(14)10-12)19(32)28-16-6-3-11(21)9-25-16/h3-6,9,12-13,15,26H,2,7-8,10H2,1H3,(H,27,31)(H,25,28,32)/t12?,13?,15-/m1/s1. The molecule has 4 rings (SSSR count). The van der Waals surface area contributed by atoms with Crippen molar-refractivity contribution in [1.29, 1.82) is 0 Å². The maximum atomic E-state index is 13.1. The van der Waals surface area contributed by atoms with Crippen molar-refractivity contribution < 1.29 is 27.2 Å². The second kappa shape index (κ2) is 8.32. The molecule has 2 unspecified atom stereocenters. The molecule has 0 saturated carbocycles. The molecule has 3 atom stereocenters. The van der Waals surface area contributed by atoms with Crippen molar-refractivity contribution in [3.8, 4) is 0 Å². The van der Waals surface area contributed by atoms with Crippen molar-refractivity contribution in [3.05, 3.63) is 47.8 Å². The minimum Gasteiger partial charge on any atom is -0.366 e. The molecule has 2 bridgehead atoms. The predicted molar refractivity (Wildman–Crippen MR) is 106 cm³/mol. The Morgan fingerprint density at radius 2 is 2.12 bits per heavy atom. The van der Waals surface area contributed by atoms with Gasteiger partial charge in [-0.05, 0) is 31.1 Å². The summed E-state index contributed by atoms with van der Waals surface area (Å²) in [6.45, 7) is 2.61. The third-order valence-corrected chi connectivity index (χ3v) is 5.68. The van der Waals surface area contributed by atoms with Crippen LogP contribution in [0.3, 0.4) is 0 Å². The number of carbonyl (C=O) groups is 2. The number of carbonyl (C=O) groups excluding carboxylic acids is 2. The lowest BCUT2D eigenvalue weighted by Crippen LogP contribution is -2.57. The summed E-state index contributed by atoms with van der Waals surface area (Å²) in [5.41, 5.74) is 0.674. The molecular formula is C20H22F4N6O2. The number of fused-ring (bicyclic) bond motifs is 3. The topological polar surface area (TPSA) is 89.6 Å². The van der Waals surface area contributed by atoms with Crippen molar-refractivity contribution in [2.75, 3.05) is 18.4 Å². The summed E-state index contributed by atoms with van der Waals surface area (Å²) in [5, 5.41) is 7.54. The summed E-state index contributed by atoms with van der Waals surface area (Å²) in [5.74, 6) is -0.906. The number of amides is 3. The largest absolute Gasteiger partial charge is 0.408 e. The molecule has 1 saturated heterocycles. The number of anilines is 1. The van der Waals surface area contributed by atoms with Gasteiger partial charge in [-0.2, -0.15) is 13.2 Å². The number of pyridine rings is 1. The van der Waals surface area contributed by atoms with Crippen LogP contribution in [0.2, 0.25) is 0 Å². The first kappa shape index (κ1) is 21.9. The van der Waals surface area contributed by atoms with E-state index in [1.807, 2.05) is 10.2 Å². The monoisotopic (exact) mass is 454 g/mol. The first-order chi connectivity index (χ1) is 15.2. The first-order valence-corrected chi connectivity index (χ1v) is 10.2. The summed E-state index contributed by atoms with van der Waals surface area (Å²) >= 11 is 0. The van der Waals surface area contributed by atoms with Gasteiger partial charge in [0.2, 0.25) is 5.91 Å². The van der Waals surface area contributed by atoms with Crippen LogP contribution in [0.5, 0.6) is 0 Å². The average molecular weight is 454 g/mol. The van der Waals surface area contributed by atoms with Gasteiger partial charge in [0.15, 0.2) is 0 Å². The second-order valence-electron chi connectivity index (χ2n) is 7.78. The van der Waals surface area contributed by atoms with Crippen LogP contribution in [0.15, 0.2) is 42.0 Å². The third kappa shape index (κ3) is 4.21. The molecule has 0 spiro atoms. The molecule has 1 fully saturated rings. The zero-order valence-corrected chi connectivity index (χ0v) is 17.1. The normalized spacial score (nSPS) is 22.9. The Morgan fingerprint density at radius 3 is 2.78 bits per heavy atom. The maximum Gasteiger partial charge on any atom is 0.408 e. The van der Waals surface area contributed by atoms with Gasteiger partial charge >= 0.3 is 12.2 Å². The van der Waals surface area contributed by atoms with E-state index in [2.05, 4.69) is 15.6 Å². The molecule has 3 N–H and O–H groups in total. The number of rotatable bonds is 4. The van der Waals surface area contributed by atoms with Gasteiger partial charge in [0.05, 0.1) is 17.9 Å². The fraction of sp³-hybridized carbons (Fsp3) is 0.450. The highest BCUT2D eigenvalue weighted by atomic mass is 19.4. The van der Waals surface area contributed by atoms with Crippen LogP contribution in [0.25, 0.3) is 0 Å². The molecule has 172 valence electrons. The van der Waals surface area contributed by atoms with Crippen LogP contribution in [0.4, 0.5) is 28.2 Å². The van der Waals surface area contributed by atoms with Gasteiger partial charge < -0.3 is 15.5 Å². The molecule has 1 aromatic rings. The predicted octanol–water partition coefficient (Wildman–Crippen LogP) is 2.30. The molecule has 3 aliphatic rings. The fourth-order valence-corrected chi connectivity index (χ4v) is 4.05. The quantitative estimate of drug-likeness (QED) is 0.608. The third-order valence-electron chi connectivity index (χ3n) is 5.68. The summed E-state index contributed by atoms with van der Waals surface area (Å²) in [6.07, 6.45) is -0.0854. The van der Waals surface area contributed by atoms with Crippen LogP contribution in [-0.2, 0) is 4.79 Å². The Balaban J connectivity index is 1.53. The number of allylic oxidation sites excluding steroid dienone is 1. The Bertz CT molecular complexity index is 962. The van der Waals surface area contributed by atoms with Gasteiger partial charge in [-0.1, -0.05) is 13.0 Å². The molecular weight excluding hydrogens is 432 g/mol. The van der Waals surface area contributed by atoms with Crippen molar-refractivity contribution in [2.24, 2.45) is 0 Å². The van der Waals surface area contributed by atoms with E-state index in [0.29, 0.717) is 31.0 Å². The van der Waals surface area contributed by atoms with Crippen molar-refractivity contribution in [3.63, 3.8) is 0 Å². The molecule has 0 aromatic carbocycles. The SMILES string of the molecule is CC[C@@H](NC(=O)C1C=CC2=C(N1)N(C(=O)Nc1ccc(F)cn1)C1CCN2C1)C(F)(F)F. The lowest BCUT2D eigenvalue weighted by atomic mass is 10.1. The zero-order valence-electron chi connectivity index (χ0n) is 17.1. The second-order valence-corrected chi connectivity index (χ2v) is 7.78. The smallest absolute Gasteiger partial charge is 0.366 e. The lowest BCUT2D eigenvalue weighted by molar-refractivity contribution is -0.162. The number of hydrogen-bond donors (Lipinski definition) is 3. The van der Waals surface area contributed by atoms with Gasteiger partial charge in [-0.25, -0.2) is 14.2 Å². The fourth-order valence-electron chi connectivity index (χ4n) is 4.05. The number of nitrogens with zero attached hydrogens (tertiary/aromatic N) is 3. The molecule has 4 heterocycles. The van der Waals surface area contributed by atoms with Crippen molar-refractivity contribution in [2.45, 2.75) is 44.1 Å². The Morgan fingerprint density at radius 1 is 1.34 bits per heavy atom. The van der Waals surface area contributed by atoms with E-state index in [1.54, 1.807) is 6.08 Å². The number of aromatic nitrogens is 1. The molecule has 3 aliphatic heterocycles. The van der Waals surface area contributed by atoms with Gasteiger partial charge in [-0.15, -0.1) is 0 Å². The molecule has 0 aliphatic carbocycles. The number of hydrogen-bond acceptors (Lipinski definition) is 5. The van der Waals surface area contributed by atoms with E-state index < -0.39 is 36.0 Å². The van der Waals surface area contributed by atoms with Crippen molar-refractivity contribution >= 4 is 17.8 Å². The summed E-state index contributed by atoms with van der Waals surface area (Å²) in [7, 11) is 0. The van der Waals surface area contributed by atoms with Crippen LogP contribution < -0.4 is 16.0 Å².